The minimum atomic E-state index is -0.636. The molecule has 5 N–H and O–H groups in total. The maximum atomic E-state index is 11.9. The summed E-state index contributed by atoms with van der Waals surface area (Å²) in [7, 11) is 0. The van der Waals surface area contributed by atoms with E-state index in [1.54, 1.807) is 0 Å². The van der Waals surface area contributed by atoms with Crippen molar-refractivity contribution in [3.63, 3.8) is 0 Å². The summed E-state index contributed by atoms with van der Waals surface area (Å²) in [4.78, 5) is 23.3. The van der Waals surface area contributed by atoms with E-state index in [0.717, 1.165) is 19.3 Å². The molecule has 1 aliphatic rings. The van der Waals surface area contributed by atoms with Crippen LogP contribution in [0.25, 0.3) is 0 Å². The van der Waals surface area contributed by atoms with Gasteiger partial charge in [-0.3, -0.25) is 9.59 Å². The Balaban J connectivity index is 2.54. The third-order valence-corrected chi connectivity index (χ3v) is 3.62. The third kappa shape index (κ3) is 3.98. The Bertz CT molecular complexity index is 323. The van der Waals surface area contributed by atoms with Gasteiger partial charge in [-0.15, -0.1) is 0 Å². The molecule has 2 amide bonds. The second-order valence-corrected chi connectivity index (χ2v) is 6.33. The van der Waals surface area contributed by atoms with Crippen LogP contribution in [0.2, 0.25) is 0 Å². The molecule has 0 heterocycles. The monoisotopic (exact) mass is 255 g/mol. The standard InChI is InChI=1S/C13H25N3O2/c1-13(2,3)11(12(15)18)16-10(17)7-8-5-4-6-9(8)14/h8-9,11H,4-7,14H2,1-3H3,(H2,15,18)(H,16,17)/t8-,9+,11?/m0/s1. The highest BCUT2D eigenvalue weighted by Crippen LogP contribution is 2.27. The SMILES string of the molecule is CC(C)(C)C(NC(=O)C[C@@H]1CCC[C@H]1N)C(N)=O. The zero-order chi connectivity index (χ0) is 13.9. The van der Waals surface area contributed by atoms with Crippen molar-refractivity contribution in [2.24, 2.45) is 22.8 Å². The second kappa shape index (κ2) is 5.69. The topological polar surface area (TPSA) is 98.2 Å². The van der Waals surface area contributed by atoms with Crippen LogP contribution in [0.4, 0.5) is 0 Å². The second-order valence-electron chi connectivity index (χ2n) is 6.33. The van der Waals surface area contributed by atoms with Crippen molar-refractivity contribution in [3.8, 4) is 0 Å². The molecule has 0 radical (unpaired) electrons. The zero-order valence-corrected chi connectivity index (χ0v) is 11.5. The molecule has 5 nitrogen and oxygen atoms in total. The van der Waals surface area contributed by atoms with Gasteiger partial charge in [-0.05, 0) is 24.2 Å². The Kier molecular flexibility index (Phi) is 4.73. The Labute approximate surface area is 109 Å². The summed E-state index contributed by atoms with van der Waals surface area (Å²) in [6, 6.07) is -0.528. The van der Waals surface area contributed by atoms with Crippen LogP contribution in [-0.4, -0.2) is 23.9 Å². The zero-order valence-electron chi connectivity index (χ0n) is 11.5. The largest absolute Gasteiger partial charge is 0.368 e. The van der Waals surface area contributed by atoms with E-state index in [1.807, 2.05) is 20.8 Å². The van der Waals surface area contributed by atoms with Gasteiger partial charge in [0.05, 0.1) is 0 Å². The number of rotatable bonds is 4. The molecule has 3 atom stereocenters. The van der Waals surface area contributed by atoms with E-state index < -0.39 is 11.9 Å². The van der Waals surface area contributed by atoms with Crippen LogP contribution in [0, 0.1) is 11.3 Å². The first-order chi connectivity index (χ1) is 8.21. The maximum absolute atomic E-state index is 11.9. The molecule has 0 aromatic heterocycles. The van der Waals surface area contributed by atoms with Crippen molar-refractivity contribution in [1.29, 1.82) is 0 Å². The molecule has 18 heavy (non-hydrogen) atoms. The highest BCUT2D eigenvalue weighted by atomic mass is 16.2. The van der Waals surface area contributed by atoms with Crippen molar-refractivity contribution in [3.05, 3.63) is 0 Å². The van der Waals surface area contributed by atoms with E-state index in [2.05, 4.69) is 5.32 Å². The molecule has 0 aromatic rings. The van der Waals surface area contributed by atoms with Crippen LogP contribution >= 0.6 is 0 Å². The first-order valence-corrected chi connectivity index (χ1v) is 6.56. The molecular weight excluding hydrogens is 230 g/mol. The van der Waals surface area contributed by atoms with Gasteiger partial charge >= 0.3 is 0 Å². The summed E-state index contributed by atoms with van der Waals surface area (Å²) in [5.41, 5.74) is 10.9. The molecule has 0 spiro atoms. The van der Waals surface area contributed by atoms with Gasteiger partial charge in [0.15, 0.2) is 0 Å². The predicted octanol–water partition coefficient (Wildman–Crippen LogP) is 0.520. The number of primary amides is 1. The maximum Gasteiger partial charge on any atom is 0.240 e. The molecule has 0 bridgehead atoms. The van der Waals surface area contributed by atoms with Gasteiger partial charge in [0.2, 0.25) is 11.8 Å². The van der Waals surface area contributed by atoms with Crippen LogP contribution in [0.3, 0.4) is 0 Å². The van der Waals surface area contributed by atoms with Gasteiger partial charge in [-0.2, -0.15) is 0 Å². The summed E-state index contributed by atoms with van der Waals surface area (Å²) < 4.78 is 0. The minimum Gasteiger partial charge on any atom is -0.368 e. The van der Waals surface area contributed by atoms with Crippen LogP contribution < -0.4 is 16.8 Å². The van der Waals surface area contributed by atoms with Gasteiger partial charge in [-0.1, -0.05) is 27.2 Å². The lowest BCUT2D eigenvalue weighted by atomic mass is 9.86. The van der Waals surface area contributed by atoms with Crippen molar-refractivity contribution in [2.75, 3.05) is 0 Å². The lowest BCUT2D eigenvalue weighted by Gasteiger charge is -2.29. The average molecular weight is 255 g/mol. The molecule has 5 heteroatoms. The summed E-state index contributed by atoms with van der Waals surface area (Å²) in [6.07, 6.45) is 3.44. The van der Waals surface area contributed by atoms with E-state index in [9.17, 15) is 9.59 Å². The number of amides is 2. The smallest absolute Gasteiger partial charge is 0.240 e. The Morgan fingerprint density at radius 1 is 1.33 bits per heavy atom. The average Bonchev–Trinajstić information content (AvgIpc) is 2.59. The summed E-state index contributed by atoms with van der Waals surface area (Å²) in [6.45, 7) is 5.64. The molecule has 104 valence electrons. The Morgan fingerprint density at radius 2 is 1.94 bits per heavy atom. The highest BCUT2D eigenvalue weighted by molar-refractivity contribution is 5.87. The van der Waals surface area contributed by atoms with Crippen molar-refractivity contribution in [2.45, 2.75) is 58.5 Å². The van der Waals surface area contributed by atoms with Crippen LogP contribution in [0.1, 0.15) is 46.5 Å². The van der Waals surface area contributed by atoms with Gasteiger partial charge in [0.1, 0.15) is 6.04 Å². The fourth-order valence-electron chi connectivity index (χ4n) is 2.49. The van der Waals surface area contributed by atoms with Crippen LogP contribution in [0.15, 0.2) is 0 Å². The fourth-order valence-corrected chi connectivity index (χ4v) is 2.49. The van der Waals surface area contributed by atoms with E-state index >= 15 is 0 Å². The van der Waals surface area contributed by atoms with Gasteiger partial charge in [0.25, 0.3) is 0 Å². The molecule has 1 unspecified atom stereocenters. The van der Waals surface area contributed by atoms with E-state index in [-0.39, 0.29) is 23.3 Å². The van der Waals surface area contributed by atoms with Crippen LogP contribution in [0.5, 0.6) is 0 Å². The fraction of sp³-hybridized carbons (Fsp3) is 0.846. The van der Waals surface area contributed by atoms with E-state index in [4.69, 9.17) is 11.5 Å². The lowest BCUT2D eigenvalue weighted by Crippen LogP contribution is -2.52. The van der Waals surface area contributed by atoms with Gasteiger partial charge < -0.3 is 16.8 Å². The number of hydrogen-bond acceptors (Lipinski definition) is 3. The van der Waals surface area contributed by atoms with Gasteiger partial charge in [-0.25, -0.2) is 0 Å². The minimum absolute atomic E-state index is 0.109. The normalized spacial score (nSPS) is 25.8. The highest BCUT2D eigenvalue weighted by Gasteiger charge is 2.32. The quantitative estimate of drug-likeness (QED) is 0.683. The molecule has 0 aliphatic heterocycles. The molecule has 1 saturated carbocycles. The Morgan fingerprint density at radius 3 is 2.33 bits per heavy atom. The number of carbonyl (C=O) groups excluding carboxylic acids is 2. The van der Waals surface area contributed by atoms with Gasteiger partial charge in [0, 0.05) is 12.5 Å². The van der Waals surface area contributed by atoms with E-state index in [0.29, 0.717) is 6.42 Å². The predicted molar refractivity (Wildman–Crippen MR) is 70.5 cm³/mol. The van der Waals surface area contributed by atoms with Crippen molar-refractivity contribution >= 4 is 11.8 Å². The Hall–Kier alpha value is -1.10. The molecular formula is C13H25N3O2. The molecule has 1 rings (SSSR count). The first-order valence-electron chi connectivity index (χ1n) is 6.56. The molecule has 0 aromatic carbocycles. The first kappa shape index (κ1) is 15.0. The summed E-state index contributed by atoms with van der Waals surface area (Å²) in [5, 5.41) is 2.73. The van der Waals surface area contributed by atoms with Crippen LogP contribution in [-0.2, 0) is 9.59 Å². The van der Waals surface area contributed by atoms with E-state index in [1.165, 1.54) is 0 Å². The number of nitrogens with two attached hydrogens (primary N) is 2. The number of hydrogen-bond donors (Lipinski definition) is 3. The van der Waals surface area contributed by atoms with Crippen molar-refractivity contribution < 1.29 is 9.59 Å². The van der Waals surface area contributed by atoms with Crippen molar-refractivity contribution in [1.82, 2.24) is 5.32 Å². The number of carbonyl (C=O) groups is 2. The molecule has 0 saturated heterocycles. The number of nitrogens with one attached hydrogen (secondary N) is 1. The third-order valence-electron chi connectivity index (χ3n) is 3.62. The molecule has 1 aliphatic carbocycles. The summed E-state index contributed by atoms with van der Waals surface area (Å²) >= 11 is 0. The summed E-state index contributed by atoms with van der Waals surface area (Å²) in [5.74, 6) is -0.388. The molecule has 1 fully saturated rings. The lowest BCUT2D eigenvalue weighted by molar-refractivity contribution is -0.130.